The molecule has 0 amide bonds. The molecule has 0 aromatic carbocycles. The maximum atomic E-state index is 10.7. The Labute approximate surface area is 128 Å². The van der Waals surface area contributed by atoms with Crippen LogP contribution in [-0.4, -0.2) is 38.7 Å². The molecule has 0 fully saturated rings. The number of aryl methyl sites for hydroxylation is 1. The van der Waals surface area contributed by atoms with Gasteiger partial charge >= 0.3 is 7.82 Å². The number of aromatic nitrogens is 1. The average Bonchev–Trinajstić information content (AvgIpc) is 2.40. The molecule has 9 nitrogen and oxygen atoms in total. The van der Waals surface area contributed by atoms with Crippen molar-refractivity contribution >= 4 is 14.0 Å². The van der Waals surface area contributed by atoms with Crippen molar-refractivity contribution in [1.82, 2.24) is 4.98 Å². The van der Waals surface area contributed by atoms with Gasteiger partial charge in [0.05, 0.1) is 18.5 Å². The van der Waals surface area contributed by atoms with Crippen LogP contribution < -0.4 is 5.73 Å². The van der Waals surface area contributed by atoms with E-state index in [-0.39, 0.29) is 22.9 Å². The highest BCUT2D eigenvalue weighted by atomic mass is 31.2. The quantitative estimate of drug-likeness (QED) is 0.236. The van der Waals surface area contributed by atoms with Crippen LogP contribution in [0.3, 0.4) is 0 Å². The molecule has 5 N–H and O–H groups in total. The minimum Gasteiger partial charge on any atom is -0.505 e. The summed E-state index contributed by atoms with van der Waals surface area (Å²) in [5.41, 5.74) is 6.40. The number of nitrogens with two attached hydrogens (primary N) is 1. The lowest BCUT2D eigenvalue weighted by Gasteiger charge is -2.10. The Morgan fingerprint density at radius 2 is 2.23 bits per heavy atom. The van der Waals surface area contributed by atoms with Crippen molar-refractivity contribution in [3.05, 3.63) is 23.0 Å². The normalized spacial score (nSPS) is 13.5. The number of phosphoric acid groups is 1. The van der Waals surface area contributed by atoms with Gasteiger partial charge in [-0.2, -0.15) is 0 Å². The Morgan fingerprint density at radius 1 is 1.55 bits per heavy atom. The smallest absolute Gasteiger partial charge is 0.469 e. The van der Waals surface area contributed by atoms with Gasteiger partial charge in [-0.05, 0) is 20.3 Å². The summed E-state index contributed by atoms with van der Waals surface area (Å²) in [4.78, 5) is 26.4. The molecule has 0 radical (unpaired) electrons. The lowest BCUT2D eigenvalue weighted by molar-refractivity contribution is 0.139. The maximum Gasteiger partial charge on any atom is 0.469 e. The van der Waals surface area contributed by atoms with Crippen LogP contribution in [0, 0.1) is 6.92 Å². The summed E-state index contributed by atoms with van der Waals surface area (Å²) >= 11 is 0. The molecule has 0 aliphatic rings. The van der Waals surface area contributed by atoms with Crippen LogP contribution in [0.15, 0.2) is 11.4 Å². The van der Waals surface area contributed by atoms with E-state index in [2.05, 4.69) is 14.7 Å². The topological polar surface area (TPSA) is 147 Å². The summed E-state index contributed by atoms with van der Waals surface area (Å²) in [6.45, 7) is 3.31. The summed E-state index contributed by atoms with van der Waals surface area (Å²) in [6, 6.07) is -0.0148. The zero-order valence-corrected chi connectivity index (χ0v) is 13.2. The zero-order valence-electron chi connectivity index (χ0n) is 12.3. The molecular formula is C12H20N3O6P. The zero-order chi connectivity index (χ0) is 16.8. The number of hydrogen-bond donors (Lipinski definition) is 4. The second-order valence-corrected chi connectivity index (χ2v) is 5.97. The number of rotatable bonds is 8. The van der Waals surface area contributed by atoms with Crippen molar-refractivity contribution in [2.75, 3.05) is 6.61 Å². The van der Waals surface area contributed by atoms with Crippen molar-refractivity contribution in [2.24, 2.45) is 10.9 Å². The summed E-state index contributed by atoms with van der Waals surface area (Å²) in [5, 5.41) is 13.7. The Balaban J connectivity index is 2.83. The van der Waals surface area contributed by atoms with E-state index in [9.17, 15) is 9.67 Å². The second-order valence-electron chi connectivity index (χ2n) is 4.73. The molecule has 1 rings (SSSR count). The third-order valence-corrected chi connectivity index (χ3v) is 3.13. The highest BCUT2D eigenvalue weighted by molar-refractivity contribution is 7.46. The second kappa shape index (κ2) is 8.21. The highest BCUT2D eigenvalue weighted by Gasteiger charge is 2.17. The minimum absolute atomic E-state index is 0.0148. The molecule has 1 aromatic rings. The lowest BCUT2D eigenvalue weighted by Crippen LogP contribution is -2.16. The van der Waals surface area contributed by atoms with Gasteiger partial charge in [-0.25, -0.2) is 4.57 Å². The van der Waals surface area contributed by atoms with E-state index in [0.29, 0.717) is 18.7 Å². The van der Waals surface area contributed by atoms with Gasteiger partial charge < -0.3 is 25.5 Å². The SMILES string of the molecule is Cc1ncc(COP(=O)(O)O)c(/C=N/OCCC(C)N)c1O. The van der Waals surface area contributed by atoms with Gasteiger partial charge in [-0.15, -0.1) is 0 Å². The van der Waals surface area contributed by atoms with E-state index in [4.69, 9.17) is 20.4 Å². The van der Waals surface area contributed by atoms with Gasteiger partial charge in [-0.3, -0.25) is 9.51 Å². The molecule has 22 heavy (non-hydrogen) atoms. The van der Waals surface area contributed by atoms with E-state index in [1.165, 1.54) is 12.4 Å². The van der Waals surface area contributed by atoms with Crippen LogP contribution in [0.4, 0.5) is 0 Å². The van der Waals surface area contributed by atoms with Crippen LogP contribution >= 0.6 is 7.82 Å². The first-order valence-electron chi connectivity index (χ1n) is 6.49. The fourth-order valence-electron chi connectivity index (χ4n) is 1.45. The third-order valence-electron chi connectivity index (χ3n) is 2.67. The average molecular weight is 333 g/mol. The van der Waals surface area contributed by atoms with E-state index in [0.717, 1.165) is 0 Å². The van der Waals surface area contributed by atoms with Gasteiger partial charge in [0.15, 0.2) is 0 Å². The monoisotopic (exact) mass is 333 g/mol. The van der Waals surface area contributed by atoms with E-state index in [1.54, 1.807) is 6.92 Å². The van der Waals surface area contributed by atoms with Gasteiger partial charge in [-0.1, -0.05) is 5.16 Å². The first kappa shape index (κ1) is 18.5. The molecule has 1 aromatic heterocycles. The summed E-state index contributed by atoms with van der Waals surface area (Å²) in [6.07, 6.45) is 3.20. The van der Waals surface area contributed by atoms with Crippen LogP contribution in [-0.2, 0) is 20.5 Å². The molecule has 0 aliphatic carbocycles. The highest BCUT2D eigenvalue weighted by Crippen LogP contribution is 2.37. The fraction of sp³-hybridized carbons (Fsp3) is 0.500. The summed E-state index contributed by atoms with van der Waals surface area (Å²) in [5.74, 6) is -0.161. The lowest BCUT2D eigenvalue weighted by atomic mass is 10.1. The van der Waals surface area contributed by atoms with Gasteiger partial charge in [0, 0.05) is 23.4 Å². The summed E-state index contributed by atoms with van der Waals surface area (Å²) < 4.78 is 15.2. The molecule has 0 spiro atoms. The largest absolute Gasteiger partial charge is 0.505 e. The van der Waals surface area contributed by atoms with Gasteiger partial charge in [0.25, 0.3) is 0 Å². The number of aromatic hydroxyl groups is 1. The van der Waals surface area contributed by atoms with E-state index in [1.807, 2.05) is 6.92 Å². The molecule has 1 heterocycles. The van der Waals surface area contributed by atoms with Crippen molar-refractivity contribution in [3.8, 4) is 5.75 Å². The van der Waals surface area contributed by atoms with Crippen LogP contribution in [0.5, 0.6) is 5.75 Å². The van der Waals surface area contributed by atoms with Crippen LogP contribution in [0.25, 0.3) is 0 Å². The standard InChI is InChI=1S/C12H20N3O6P/c1-8(13)3-4-20-15-6-11-10(7-21-22(17,18)19)5-14-9(2)12(11)16/h5-6,8,16H,3-4,7,13H2,1-2H3,(H2,17,18,19)/b15-6+. The Kier molecular flexibility index (Phi) is 6.92. The minimum atomic E-state index is -4.62. The van der Waals surface area contributed by atoms with Crippen molar-refractivity contribution < 1.29 is 28.8 Å². The number of nitrogens with zero attached hydrogens (tertiary/aromatic N) is 2. The molecule has 0 bridgehead atoms. The fourth-order valence-corrected chi connectivity index (χ4v) is 1.75. The number of oxime groups is 1. The predicted octanol–water partition coefficient (Wildman–Crippen LogP) is 0.793. The molecule has 0 aliphatic heterocycles. The first-order valence-corrected chi connectivity index (χ1v) is 8.02. The molecule has 10 heteroatoms. The van der Waals surface area contributed by atoms with Gasteiger partial charge in [0.2, 0.25) is 0 Å². The third kappa shape index (κ3) is 6.50. The summed E-state index contributed by atoms with van der Waals surface area (Å²) in [7, 11) is -4.62. The Morgan fingerprint density at radius 3 is 2.82 bits per heavy atom. The van der Waals surface area contributed by atoms with Crippen LogP contribution in [0.1, 0.15) is 30.2 Å². The molecule has 0 saturated heterocycles. The maximum absolute atomic E-state index is 10.7. The van der Waals surface area contributed by atoms with Gasteiger partial charge in [0.1, 0.15) is 12.4 Å². The molecule has 0 saturated carbocycles. The number of phosphoric ester groups is 1. The molecule has 1 unspecified atom stereocenters. The molecular weight excluding hydrogens is 313 g/mol. The number of pyridine rings is 1. The van der Waals surface area contributed by atoms with Crippen molar-refractivity contribution in [3.63, 3.8) is 0 Å². The number of hydrogen-bond acceptors (Lipinski definition) is 7. The molecule has 1 atom stereocenters. The predicted molar refractivity (Wildman–Crippen MR) is 79.3 cm³/mol. The Bertz CT molecular complexity index is 572. The van der Waals surface area contributed by atoms with Crippen molar-refractivity contribution in [2.45, 2.75) is 32.9 Å². The molecule has 124 valence electrons. The van der Waals surface area contributed by atoms with E-state index >= 15 is 0 Å². The Hall–Kier alpha value is -1.51. The first-order chi connectivity index (χ1) is 10.2. The van der Waals surface area contributed by atoms with Crippen LogP contribution in [0.2, 0.25) is 0 Å². The van der Waals surface area contributed by atoms with E-state index < -0.39 is 14.4 Å². The van der Waals surface area contributed by atoms with Crippen molar-refractivity contribution in [1.29, 1.82) is 0 Å².